The summed E-state index contributed by atoms with van der Waals surface area (Å²) in [5, 5.41) is 7.17. The second-order valence-electron chi connectivity index (χ2n) is 9.62. The Morgan fingerprint density at radius 2 is 1.49 bits per heavy atom. The molecule has 2 heterocycles. The molecule has 0 saturated carbocycles. The van der Waals surface area contributed by atoms with Crippen LogP contribution in [0.4, 0.5) is 5.69 Å². The standard InChI is InChI=1S/C33H27N3OS2/c1-23(25-11-5-2-6-12-25)35-32(37)31(39-33(35)38)21-24-17-19-28(20-18-24)36-30(27-15-9-4-10-16-27)22-29(34-36)26-13-7-3-8-14-26/h2-21,23,30H,22H2,1H3/b31-21+/t23-,30-/m0/s1. The Hall–Kier alpha value is -4.00. The Labute approximate surface area is 238 Å². The van der Waals surface area contributed by atoms with Gasteiger partial charge in [-0.1, -0.05) is 127 Å². The lowest BCUT2D eigenvalue weighted by Gasteiger charge is -2.24. The van der Waals surface area contributed by atoms with E-state index in [2.05, 4.69) is 65.7 Å². The molecule has 192 valence electrons. The van der Waals surface area contributed by atoms with Crippen molar-refractivity contribution in [3.63, 3.8) is 0 Å². The normalized spacial score (nSPS) is 19.1. The number of benzene rings is 4. The minimum absolute atomic E-state index is 0.0498. The lowest BCUT2D eigenvalue weighted by Crippen LogP contribution is -2.30. The highest BCUT2D eigenvalue weighted by atomic mass is 32.2. The number of thioether (sulfide) groups is 1. The zero-order valence-electron chi connectivity index (χ0n) is 21.5. The van der Waals surface area contributed by atoms with Gasteiger partial charge in [0.25, 0.3) is 5.91 Å². The molecule has 6 rings (SSSR count). The van der Waals surface area contributed by atoms with Crippen LogP contribution in [0.2, 0.25) is 0 Å². The van der Waals surface area contributed by atoms with E-state index in [9.17, 15) is 4.79 Å². The molecule has 1 saturated heterocycles. The Balaban J connectivity index is 1.25. The first kappa shape index (κ1) is 25.3. The van der Waals surface area contributed by atoms with Gasteiger partial charge in [0.05, 0.1) is 28.4 Å². The van der Waals surface area contributed by atoms with Crippen LogP contribution < -0.4 is 5.01 Å². The SMILES string of the molecule is C[C@@H](c1ccccc1)N1C(=O)/C(=C\c2ccc(N3N=C(c4ccccc4)C[C@H]3c3ccccc3)cc2)SC1=S. The van der Waals surface area contributed by atoms with Crippen LogP contribution in [0.25, 0.3) is 6.08 Å². The van der Waals surface area contributed by atoms with Crippen molar-refractivity contribution >= 4 is 51.7 Å². The lowest BCUT2D eigenvalue weighted by atomic mass is 9.98. The number of thiocarbonyl (C=S) groups is 1. The van der Waals surface area contributed by atoms with Crippen LogP contribution in [0.3, 0.4) is 0 Å². The molecule has 0 radical (unpaired) electrons. The Morgan fingerprint density at radius 3 is 2.15 bits per heavy atom. The first-order valence-electron chi connectivity index (χ1n) is 13.0. The molecule has 0 aliphatic carbocycles. The Bertz CT molecular complexity index is 1550. The van der Waals surface area contributed by atoms with Gasteiger partial charge in [-0.25, -0.2) is 0 Å². The maximum absolute atomic E-state index is 13.3. The molecular weight excluding hydrogens is 519 g/mol. The van der Waals surface area contributed by atoms with Crippen molar-refractivity contribution in [1.29, 1.82) is 0 Å². The molecule has 39 heavy (non-hydrogen) atoms. The van der Waals surface area contributed by atoms with Crippen LogP contribution in [-0.2, 0) is 4.79 Å². The number of carbonyl (C=O) groups excluding carboxylic acids is 1. The highest BCUT2D eigenvalue weighted by Crippen LogP contribution is 2.39. The van der Waals surface area contributed by atoms with Crippen LogP contribution in [-0.4, -0.2) is 20.8 Å². The molecule has 1 amide bonds. The fraction of sp³-hybridized carbons (Fsp3) is 0.121. The smallest absolute Gasteiger partial charge is 0.266 e. The van der Waals surface area contributed by atoms with Crippen molar-refractivity contribution in [1.82, 2.24) is 4.90 Å². The molecule has 4 nitrogen and oxygen atoms in total. The number of carbonyl (C=O) groups is 1. The predicted octanol–water partition coefficient (Wildman–Crippen LogP) is 8.00. The van der Waals surface area contributed by atoms with E-state index in [1.54, 1.807) is 4.90 Å². The first-order valence-corrected chi connectivity index (χ1v) is 14.2. The van der Waals surface area contributed by atoms with E-state index in [-0.39, 0.29) is 18.0 Å². The summed E-state index contributed by atoms with van der Waals surface area (Å²) in [7, 11) is 0. The summed E-state index contributed by atoms with van der Waals surface area (Å²) in [5.41, 5.74) is 6.47. The van der Waals surface area contributed by atoms with E-state index in [1.165, 1.54) is 17.3 Å². The number of hydrogen-bond acceptors (Lipinski definition) is 5. The molecule has 4 aromatic carbocycles. The largest absolute Gasteiger partial charge is 0.286 e. The lowest BCUT2D eigenvalue weighted by molar-refractivity contribution is -0.123. The van der Waals surface area contributed by atoms with E-state index in [0.29, 0.717) is 9.23 Å². The van der Waals surface area contributed by atoms with Gasteiger partial charge in [0.2, 0.25) is 0 Å². The third-order valence-electron chi connectivity index (χ3n) is 7.15. The van der Waals surface area contributed by atoms with E-state index in [0.717, 1.165) is 34.5 Å². The van der Waals surface area contributed by atoms with Gasteiger partial charge < -0.3 is 0 Å². The van der Waals surface area contributed by atoms with Gasteiger partial charge in [0.1, 0.15) is 4.32 Å². The summed E-state index contributed by atoms with van der Waals surface area (Å²) in [6, 6.07) is 39.1. The number of hydrogen-bond donors (Lipinski definition) is 0. The molecule has 4 aromatic rings. The zero-order chi connectivity index (χ0) is 26.8. The van der Waals surface area contributed by atoms with Crippen molar-refractivity contribution < 1.29 is 4.79 Å². The summed E-state index contributed by atoms with van der Waals surface area (Å²) >= 11 is 6.96. The number of hydrazone groups is 1. The highest BCUT2D eigenvalue weighted by molar-refractivity contribution is 8.26. The van der Waals surface area contributed by atoms with Crippen LogP contribution >= 0.6 is 24.0 Å². The van der Waals surface area contributed by atoms with Crippen molar-refractivity contribution in [2.75, 3.05) is 5.01 Å². The topological polar surface area (TPSA) is 35.9 Å². The molecule has 1 fully saturated rings. The summed E-state index contributed by atoms with van der Waals surface area (Å²) < 4.78 is 0.588. The van der Waals surface area contributed by atoms with E-state index in [4.69, 9.17) is 17.3 Å². The molecule has 6 heteroatoms. The van der Waals surface area contributed by atoms with Gasteiger partial charge in [-0.15, -0.1) is 0 Å². The van der Waals surface area contributed by atoms with Crippen molar-refractivity contribution in [3.8, 4) is 0 Å². The fourth-order valence-electron chi connectivity index (χ4n) is 5.06. The van der Waals surface area contributed by atoms with Crippen LogP contribution in [0.1, 0.15) is 47.7 Å². The number of amides is 1. The van der Waals surface area contributed by atoms with Gasteiger partial charge in [-0.3, -0.25) is 14.7 Å². The maximum Gasteiger partial charge on any atom is 0.266 e. The monoisotopic (exact) mass is 545 g/mol. The van der Waals surface area contributed by atoms with Crippen molar-refractivity contribution in [3.05, 3.63) is 142 Å². The number of anilines is 1. The Kier molecular flexibility index (Phi) is 7.14. The maximum atomic E-state index is 13.3. The molecule has 0 bridgehead atoms. The average molecular weight is 546 g/mol. The van der Waals surface area contributed by atoms with E-state index < -0.39 is 0 Å². The third kappa shape index (κ3) is 5.18. The van der Waals surface area contributed by atoms with Gasteiger partial charge in [0, 0.05) is 6.42 Å². The number of nitrogens with zero attached hydrogens (tertiary/aromatic N) is 3. The zero-order valence-corrected chi connectivity index (χ0v) is 23.1. The summed E-state index contributed by atoms with van der Waals surface area (Å²) in [5.74, 6) is -0.0498. The average Bonchev–Trinajstić information content (AvgIpc) is 3.55. The number of rotatable bonds is 6. The Morgan fingerprint density at radius 1 is 0.872 bits per heavy atom. The van der Waals surface area contributed by atoms with Gasteiger partial charge in [-0.05, 0) is 47.4 Å². The molecule has 0 spiro atoms. The quantitative estimate of drug-likeness (QED) is 0.182. The van der Waals surface area contributed by atoms with Crippen LogP contribution in [0.5, 0.6) is 0 Å². The van der Waals surface area contributed by atoms with E-state index in [1.807, 2.05) is 67.6 Å². The summed E-state index contributed by atoms with van der Waals surface area (Å²) in [6.45, 7) is 2.02. The summed E-state index contributed by atoms with van der Waals surface area (Å²) in [4.78, 5) is 15.7. The minimum Gasteiger partial charge on any atom is -0.286 e. The molecule has 0 N–H and O–H groups in total. The summed E-state index contributed by atoms with van der Waals surface area (Å²) in [6.07, 6.45) is 2.76. The third-order valence-corrected chi connectivity index (χ3v) is 8.48. The van der Waals surface area contributed by atoms with Crippen molar-refractivity contribution in [2.24, 2.45) is 5.10 Å². The van der Waals surface area contributed by atoms with E-state index >= 15 is 0 Å². The van der Waals surface area contributed by atoms with Crippen LogP contribution in [0.15, 0.2) is 125 Å². The molecule has 2 atom stereocenters. The first-order chi connectivity index (χ1) is 19.1. The second kappa shape index (κ2) is 11.0. The van der Waals surface area contributed by atoms with Crippen molar-refractivity contribution in [2.45, 2.75) is 25.4 Å². The molecule has 2 aliphatic rings. The predicted molar refractivity (Wildman–Crippen MR) is 166 cm³/mol. The minimum atomic E-state index is -0.117. The molecule has 0 aromatic heterocycles. The molecule has 0 unspecified atom stereocenters. The highest BCUT2D eigenvalue weighted by Gasteiger charge is 2.36. The van der Waals surface area contributed by atoms with Gasteiger partial charge >= 0.3 is 0 Å². The molecule has 2 aliphatic heterocycles. The molecular formula is C33H27N3OS2. The second-order valence-corrected chi connectivity index (χ2v) is 11.3. The van der Waals surface area contributed by atoms with Crippen LogP contribution in [0, 0.1) is 0 Å². The fourth-order valence-corrected chi connectivity index (χ4v) is 6.48. The van der Waals surface area contributed by atoms with Gasteiger partial charge in [0.15, 0.2) is 0 Å². The van der Waals surface area contributed by atoms with Gasteiger partial charge in [-0.2, -0.15) is 5.10 Å².